The van der Waals surface area contributed by atoms with Crippen molar-refractivity contribution in [1.82, 2.24) is 19.5 Å². The number of aromatic nitrogens is 3. The van der Waals surface area contributed by atoms with Crippen LogP contribution < -0.4 is 4.90 Å². The van der Waals surface area contributed by atoms with Gasteiger partial charge in [0.25, 0.3) is 5.91 Å². The van der Waals surface area contributed by atoms with Gasteiger partial charge in [-0.05, 0) is 63.6 Å². The van der Waals surface area contributed by atoms with E-state index in [-0.39, 0.29) is 17.7 Å². The van der Waals surface area contributed by atoms with Crippen LogP contribution >= 0.6 is 0 Å². The summed E-state index contributed by atoms with van der Waals surface area (Å²) in [6.07, 6.45) is 7.33. The van der Waals surface area contributed by atoms with E-state index in [0.717, 1.165) is 60.6 Å². The van der Waals surface area contributed by atoms with Gasteiger partial charge in [0, 0.05) is 37.5 Å². The number of anilines is 1. The number of hydrogen-bond acceptors (Lipinski definition) is 5. The molecule has 2 aromatic heterocycles. The van der Waals surface area contributed by atoms with Crippen LogP contribution in [0.3, 0.4) is 0 Å². The molecule has 2 fully saturated rings. The molecule has 0 aliphatic carbocycles. The fourth-order valence-corrected chi connectivity index (χ4v) is 4.89. The lowest BCUT2D eigenvalue weighted by molar-refractivity contribution is 0.0602. The SMILES string of the molecule is Cc1ccc(C(=O)N2CCCCC2c2cc3nc(N4CCCC4)c(C)cn3n2)c(O)c1. The maximum atomic E-state index is 13.3. The zero-order valence-corrected chi connectivity index (χ0v) is 18.2. The van der Waals surface area contributed by atoms with Gasteiger partial charge in [0.2, 0.25) is 0 Å². The topological polar surface area (TPSA) is 74.0 Å². The fraction of sp³-hybridized carbons (Fsp3) is 0.458. The second kappa shape index (κ2) is 7.87. The van der Waals surface area contributed by atoms with Gasteiger partial charge >= 0.3 is 0 Å². The second-order valence-corrected chi connectivity index (χ2v) is 8.84. The van der Waals surface area contributed by atoms with Crippen LogP contribution in [-0.4, -0.2) is 50.1 Å². The first-order valence-corrected chi connectivity index (χ1v) is 11.2. The van der Waals surface area contributed by atoms with Gasteiger partial charge in [0.05, 0.1) is 17.3 Å². The van der Waals surface area contributed by atoms with Gasteiger partial charge in [0.1, 0.15) is 11.6 Å². The molecule has 3 aromatic rings. The minimum absolute atomic E-state index is 0.0388. The summed E-state index contributed by atoms with van der Waals surface area (Å²) >= 11 is 0. The molecule has 162 valence electrons. The van der Waals surface area contributed by atoms with Gasteiger partial charge in [-0.2, -0.15) is 5.10 Å². The predicted octanol–water partition coefficient (Wildman–Crippen LogP) is 4.02. The van der Waals surface area contributed by atoms with Gasteiger partial charge in [-0.1, -0.05) is 6.07 Å². The van der Waals surface area contributed by atoms with Crippen LogP contribution in [0.2, 0.25) is 0 Å². The molecule has 5 rings (SSSR count). The molecule has 0 bridgehead atoms. The summed E-state index contributed by atoms with van der Waals surface area (Å²) in [7, 11) is 0. The third-order valence-electron chi connectivity index (χ3n) is 6.52. The average Bonchev–Trinajstić information content (AvgIpc) is 3.42. The average molecular weight is 420 g/mol. The Morgan fingerprint density at radius 2 is 1.84 bits per heavy atom. The molecule has 1 unspecified atom stereocenters. The zero-order valence-electron chi connectivity index (χ0n) is 18.2. The minimum Gasteiger partial charge on any atom is -0.507 e. The second-order valence-electron chi connectivity index (χ2n) is 8.84. The number of hydrogen-bond donors (Lipinski definition) is 1. The van der Waals surface area contributed by atoms with E-state index in [2.05, 4.69) is 11.8 Å². The van der Waals surface area contributed by atoms with Crippen molar-refractivity contribution in [2.75, 3.05) is 24.5 Å². The van der Waals surface area contributed by atoms with Crippen molar-refractivity contribution in [3.8, 4) is 5.75 Å². The number of fused-ring (bicyclic) bond motifs is 1. The molecular formula is C24H29N5O2. The van der Waals surface area contributed by atoms with Crippen molar-refractivity contribution < 1.29 is 9.90 Å². The molecule has 7 heteroatoms. The third kappa shape index (κ3) is 3.62. The van der Waals surface area contributed by atoms with Crippen LogP contribution in [-0.2, 0) is 0 Å². The molecule has 2 saturated heterocycles. The summed E-state index contributed by atoms with van der Waals surface area (Å²) in [6.45, 7) is 6.75. The maximum Gasteiger partial charge on any atom is 0.258 e. The third-order valence-corrected chi connectivity index (χ3v) is 6.52. The molecule has 0 saturated carbocycles. The maximum absolute atomic E-state index is 13.3. The minimum atomic E-state index is -0.138. The number of phenolic OH excluding ortho intramolecular Hbond substituents is 1. The van der Waals surface area contributed by atoms with E-state index in [1.54, 1.807) is 12.1 Å². The summed E-state index contributed by atoms with van der Waals surface area (Å²) in [5.74, 6) is 0.940. The number of aryl methyl sites for hydroxylation is 2. The standard InChI is InChI=1S/C24H29N5O2/c1-16-8-9-18(21(30)13-16)24(31)28-12-4-3-7-20(28)19-14-22-25-23(27-10-5-6-11-27)17(2)15-29(22)26-19/h8-9,13-15,20,30H,3-7,10-12H2,1-2H3. The van der Waals surface area contributed by atoms with Crippen molar-refractivity contribution >= 4 is 17.4 Å². The lowest BCUT2D eigenvalue weighted by Gasteiger charge is -2.35. The monoisotopic (exact) mass is 419 g/mol. The number of piperidine rings is 1. The highest BCUT2D eigenvalue weighted by molar-refractivity contribution is 5.97. The van der Waals surface area contributed by atoms with Gasteiger partial charge < -0.3 is 14.9 Å². The Balaban J connectivity index is 1.49. The summed E-state index contributed by atoms with van der Waals surface area (Å²) < 4.78 is 1.84. The molecule has 31 heavy (non-hydrogen) atoms. The van der Waals surface area contributed by atoms with E-state index in [1.807, 2.05) is 34.7 Å². The van der Waals surface area contributed by atoms with E-state index >= 15 is 0 Å². The van der Waals surface area contributed by atoms with E-state index in [4.69, 9.17) is 10.1 Å². The number of benzene rings is 1. The molecule has 0 spiro atoms. The number of carbonyl (C=O) groups excluding carboxylic acids is 1. The zero-order chi connectivity index (χ0) is 21.5. The molecule has 2 aliphatic rings. The molecule has 7 nitrogen and oxygen atoms in total. The van der Waals surface area contributed by atoms with Crippen LogP contribution in [0.25, 0.3) is 5.65 Å². The van der Waals surface area contributed by atoms with Crippen molar-refractivity contribution in [3.63, 3.8) is 0 Å². The van der Waals surface area contributed by atoms with Gasteiger partial charge in [-0.25, -0.2) is 9.50 Å². The Kier molecular flexibility index (Phi) is 5.04. The lowest BCUT2D eigenvalue weighted by Crippen LogP contribution is -2.38. The highest BCUT2D eigenvalue weighted by Crippen LogP contribution is 2.34. The van der Waals surface area contributed by atoms with Crippen molar-refractivity contribution in [2.45, 2.75) is 52.0 Å². The quantitative estimate of drug-likeness (QED) is 0.694. The van der Waals surface area contributed by atoms with Crippen molar-refractivity contribution in [3.05, 3.63) is 52.8 Å². The van der Waals surface area contributed by atoms with Crippen LogP contribution in [0.4, 0.5) is 5.82 Å². The van der Waals surface area contributed by atoms with Crippen LogP contribution in [0, 0.1) is 13.8 Å². The number of carbonyl (C=O) groups is 1. The first-order valence-electron chi connectivity index (χ1n) is 11.2. The number of likely N-dealkylation sites (tertiary alicyclic amines) is 1. The molecule has 2 aliphatic heterocycles. The summed E-state index contributed by atoms with van der Waals surface area (Å²) in [6, 6.07) is 7.13. The molecule has 4 heterocycles. The molecule has 1 aromatic carbocycles. The largest absolute Gasteiger partial charge is 0.507 e. The predicted molar refractivity (Wildman–Crippen MR) is 120 cm³/mol. The van der Waals surface area contributed by atoms with Crippen LogP contribution in [0.15, 0.2) is 30.5 Å². The fourth-order valence-electron chi connectivity index (χ4n) is 4.89. The number of phenols is 1. The Morgan fingerprint density at radius 3 is 2.61 bits per heavy atom. The normalized spacial score (nSPS) is 19.4. The molecular weight excluding hydrogens is 390 g/mol. The summed E-state index contributed by atoms with van der Waals surface area (Å²) in [4.78, 5) is 22.4. The number of nitrogens with zero attached hydrogens (tertiary/aromatic N) is 5. The highest BCUT2D eigenvalue weighted by Gasteiger charge is 2.32. The Labute approximate surface area is 182 Å². The Hall–Kier alpha value is -3.09. The highest BCUT2D eigenvalue weighted by atomic mass is 16.3. The molecule has 1 amide bonds. The number of rotatable bonds is 3. The summed E-state index contributed by atoms with van der Waals surface area (Å²) in [5.41, 5.74) is 4.08. The van der Waals surface area contributed by atoms with Crippen molar-refractivity contribution in [1.29, 1.82) is 0 Å². The van der Waals surface area contributed by atoms with Gasteiger partial charge in [0.15, 0.2) is 5.65 Å². The van der Waals surface area contributed by atoms with E-state index in [1.165, 1.54) is 12.8 Å². The lowest BCUT2D eigenvalue weighted by atomic mass is 9.98. The molecule has 1 atom stereocenters. The van der Waals surface area contributed by atoms with Crippen molar-refractivity contribution in [2.24, 2.45) is 0 Å². The van der Waals surface area contributed by atoms with Gasteiger partial charge in [-0.3, -0.25) is 4.79 Å². The first kappa shape index (κ1) is 19.8. The number of aromatic hydroxyl groups is 1. The smallest absolute Gasteiger partial charge is 0.258 e. The Bertz CT molecular complexity index is 1130. The van der Waals surface area contributed by atoms with E-state index in [0.29, 0.717) is 12.1 Å². The van der Waals surface area contributed by atoms with Crippen LogP contribution in [0.5, 0.6) is 5.75 Å². The molecule has 0 radical (unpaired) electrons. The van der Waals surface area contributed by atoms with E-state index < -0.39 is 0 Å². The Morgan fingerprint density at radius 1 is 1.06 bits per heavy atom. The van der Waals surface area contributed by atoms with Gasteiger partial charge in [-0.15, -0.1) is 0 Å². The first-order chi connectivity index (χ1) is 15.0. The van der Waals surface area contributed by atoms with Crippen LogP contribution in [0.1, 0.15) is 65.3 Å². The molecule has 1 N–H and O–H groups in total. The number of amides is 1. The van der Waals surface area contributed by atoms with E-state index in [9.17, 15) is 9.90 Å². The summed E-state index contributed by atoms with van der Waals surface area (Å²) in [5, 5.41) is 15.2.